The van der Waals surface area contributed by atoms with Crippen LogP contribution in [0.3, 0.4) is 0 Å². The fraction of sp³-hybridized carbons (Fsp3) is 0.520. The number of likely N-dealkylation sites (tertiary alicyclic amines) is 1. The summed E-state index contributed by atoms with van der Waals surface area (Å²) in [5.41, 5.74) is 5.82. The first-order valence-corrected chi connectivity index (χ1v) is 12.1. The lowest BCUT2D eigenvalue weighted by Crippen LogP contribution is -2.59. The van der Waals surface area contributed by atoms with Crippen molar-refractivity contribution in [2.45, 2.75) is 63.3 Å². The average Bonchev–Trinajstić information content (AvgIpc) is 3.23. The summed E-state index contributed by atoms with van der Waals surface area (Å²) in [7, 11) is 0. The molecule has 1 aromatic carbocycles. The van der Waals surface area contributed by atoms with Crippen molar-refractivity contribution in [3.8, 4) is 0 Å². The van der Waals surface area contributed by atoms with Crippen molar-refractivity contribution in [1.82, 2.24) is 24.0 Å². The maximum Gasteiger partial charge on any atom is 0.349 e. The summed E-state index contributed by atoms with van der Waals surface area (Å²) in [6, 6.07) is 6.94. The van der Waals surface area contributed by atoms with E-state index in [-0.39, 0.29) is 18.3 Å². The van der Waals surface area contributed by atoms with Crippen LogP contribution in [0.2, 0.25) is 0 Å². The smallest absolute Gasteiger partial charge is 0.349 e. The molecule has 5 rings (SSSR count). The Hall–Kier alpha value is -3.24. The van der Waals surface area contributed by atoms with Gasteiger partial charge in [-0.05, 0) is 57.9 Å². The van der Waals surface area contributed by atoms with Gasteiger partial charge in [0, 0.05) is 37.3 Å². The Morgan fingerprint density at radius 2 is 2.00 bits per heavy atom. The molecule has 2 atom stereocenters. The van der Waals surface area contributed by atoms with Crippen molar-refractivity contribution in [2.24, 2.45) is 0 Å². The molecule has 0 bridgehead atoms. The fourth-order valence-electron chi connectivity index (χ4n) is 5.50. The van der Waals surface area contributed by atoms with Gasteiger partial charge in [-0.2, -0.15) is 4.98 Å². The van der Waals surface area contributed by atoms with Gasteiger partial charge in [-0.25, -0.2) is 9.78 Å². The number of aliphatic hydroxyl groups is 1. The summed E-state index contributed by atoms with van der Waals surface area (Å²) in [4.78, 5) is 35.6. The highest BCUT2D eigenvalue weighted by Crippen LogP contribution is 2.43. The van der Waals surface area contributed by atoms with Gasteiger partial charge >= 0.3 is 5.69 Å². The number of piperidine rings is 1. The van der Waals surface area contributed by atoms with Crippen LogP contribution in [0.1, 0.15) is 62.5 Å². The van der Waals surface area contributed by atoms with E-state index in [0.717, 1.165) is 11.0 Å². The number of nitrogen functional groups attached to an aromatic ring is 1. The minimum absolute atomic E-state index is 0.0270. The molecule has 35 heavy (non-hydrogen) atoms. The SMILES string of the molecule is CC(C)n1cnc2cc(C(=O)N3CCC4(CC3)C[C@@](C)(O)[C@H](n3ccc(N)nc3=O)CO4)ccc21. The quantitative estimate of drug-likeness (QED) is 0.588. The zero-order valence-electron chi connectivity index (χ0n) is 20.3. The number of hydrogen-bond acceptors (Lipinski definition) is 7. The second kappa shape index (κ2) is 8.46. The minimum atomic E-state index is -1.17. The van der Waals surface area contributed by atoms with Gasteiger partial charge in [0.15, 0.2) is 0 Å². The second-order valence-corrected chi connectivity index (χ2v) is 10.3. The van der Waals surface area contributed by atoms with E-state index in [0.29, 0.717) is 44.0 Å². The molecule has 2 aliphatic rings. The highest BCUT2D eigenvalue weighted by atomic mass is 16.5. The Morgan fingerprint density at radius 3 is 2.66 bits per heavy atom. The van der Waals surface area contributed by atoms with Crippen LogP contribution in [-0.2, 0) is 4.74 Å². The number of fused-ring (bicyclic) bond motifs is 1. The zero-order valence-corrected chi connectivity index (χ0v) is 20.3. The van der Waals surface area contributed by atoms with Crippen LogP contribution in [0, 0.1) is 0 Å². The molecular weight excluding hydrogens is 448 g/mol. The topological polar surface area (TPSA) is 128 Å². The van der Waals surface area contributed by atoms with Crippen LogP contribution in [0.4, 0.5) is 5.82 Å². The van der Waals surface area contributed by atoms with E-state index in [1.165, 1.54) is 10.6 Å². The molecule has 3 N–H and O–H groups in total. The fourth-order valence-corrected chi connectivity index (χ4v) is 5.50. The molecule has 10 heteroatoms. The van der Waals surface area contributed by atoms with Crippen LogP contribution in [0.25, 0.3) is 11.0 Å². The van der Waals surface area contributed by atoms with Gasteiger partial charge in [-0.15, -0.1) is 0 Å². The van der Waals surface area contributed by atoms with E-state index in [9.17, 15) is 14.7 Å². The number of imidazole rings is 1. The van der Waals surface area contributed by atoms with Crippen molar-refractivity contribution in [1.29, 1.82) is 0 Å². The lowest BCUT2D eigenvalue weighted by Gasteiger charge is -2.51. The number of benzene rings is 1. The normalized spacial score (nSPS) is 24.4. The largest absolute Gasteiger partial charge is 0.388 e. The minimum Gasteiger partial charge on any atom is -0.388 e. The molecule has 0 aliphatic carbocycles. The number of hydrogen-bond donors (Lipinski definition) is 2. The second-order valence-electron chi connectivity index (χ2n) is 10.3. The van der Waals surface area contributed by atoms with Crippen LogP contribution in [0.5, 0.6) is 0 Å². The Kier molecular flexibility index (Phi) is 5.68. The molecular formula is C25H32N6O4. The standard InChI is InChI=1S/C25H32N6O4/c1-16(2)31-15-27-18-12-17(4-5-19(18)31)22(32)29-10-7-25(8-11-29)14-24(3,34)20(13-35-25)30-9-6-21(26)28-23(30)33/h4-6,9,12,15-16,20,34H,7-8,10-11,13-14H2,1-3H3,(H2,26,28,33)/t20-,24-/m1/s1. The van der Waals surface area contributed by atoms with Crippen LogP contribution < -0.4 is 11.4 Å². The Labute approximate surface area is 203 Å². The molecule has 4 heterocycles. The number of ether oxygens (including phenoxy) is 1. The lowest BCUT2D eigenvalue weighted by molar-refractivity contribution is -0.195. The number of anilines is 1. The van der Waals surface area contributed by atoms with Gasteiger partial charge in [0.1, 0.15) is 5.82 Å². The van der Waals surface area contributed by atoms with E-state index in [4.69, 9.17) is 10.5 Å². The van der Waals surface area contributed by atoms with Gasteiger partial charge in [0.25, 0.3) is 5.91 Å². The van der Waals surface area contributed by atoms with Crippen LogP contribution in [-0.4, -0.2) is 65.9 Å². The Bertz CT molecular complexity index is 1320. The summed E-state index contributed by atoms with van der Waals surface area (Å²) >= 11 is 0. The molecule has 3 aromatic rings. The molecule has 10 nitrogen and oxygen atoms in total. The third-order valence-electron chi connectivity index (χ3n) is 7.47. The van der Waals surface area contributed by atoms with Crippen LogP contribution >= 0.6 is 0 Å². The Balaban J connectivity index is 1.27. The van der Waals surface area contributed by atoms with Crippen molar-refractivity contribution in [3.05, 3.63) is 52.8 Å². The first-order valence-electron chi connectivity index (χ1n) is 12.1. The number of nitrogens with two attached hydrogens (primary N) is 1. The molecule has 2 aromatic heterocycles. The summed E-state index contributed by atoms with van der Waals surface area (Å²) in [5, 5.41) is 11.3. The summed E-state index contributed by atoms with van der Waals surface area (Å²) < 4.78 is 9.75. The van der Waals surface area contributed by atoms with Crippen molar-refractivity contribution in [3.63, 3.8) is 0 Å². The van der Waals surface area contributed by atoms with E-state index < -0.39 is 22.9 Å². The van der Waals surface area contributed by atoms with Crippen LogP contribution in [0.15, 0.2) is 41.6 Å². The molecule has 1 amide bonds. The van der Waals surface area contributed by atoms with E-state index >= 15 is 0 Å². The number of amides is 1. The molecule has 0 radical (unpaired) electrons. The van der Waals surface area contributed by atoms with Crippen molar-refractivity contribution >= 4 is 22.8 Å². The highest BCUT2D eigenvalue weighted by Gasteiger charge is 2.50. The summed E-state index contributed by atoms with van der Waals surface area (Å²) in [6.07, 6.45) is 4.94. The van der Waals surface area contributed by atoms with Gasteiger partial charge in [-0.1, -0.05) is 0 Å². The average molecular weight is 481 g/mol. The first-order chi connectivity index (χ1) is 16.6. The van der Waals surface area contributed by atoms with Gasteiger partial charge in [0.05, 0.1) is 41.2 Å². The third kappa shape index (κ3) is 4.21. The van der Waals surface area contributed by atoms with Gasteiger partial charge < -0.3 is 25.0 Å². The molecule has 0 unspecified atom stereocenters. The monoisotopic (exact) mass is 480 g/mol. The molecule has 2 fully saturated rings. The number of carbonyl (C=O) groups is 1. The predicted molar refractivity (Wildman–Crippen MR) is 131 cm³/mol. The summed E-state index contributed by atoms with van der Waals surface area (Å²) in [5.74, 6) is 0.115. The predicted octanol–water partition coefficient (Wildman–Crippen LogP) is 2.14. The molecule has 2 aliphatic heterocycles. The molecule has 2 saturated heterocycles. The van der Waals surface area contributed by atoms with E-state index in [1.54, 1.807) is 13.1 Å². The van der Waals surface area contributed by atoms with E-state index in [1.807, 2.05) is 29.4 Å². The maximum atomic E-state index is 13.2. The van der Waals surface area contributed by atoms with Gasteiger partial charge in [0.2, 0.25) is 0 Å². The highest BCUT2D eigenvalue weighted by molar-refractivity contribution is 5.97. The van der Waals surface area contributed by atoms with Crippen molar-refractivity contribution in [2.75, 3.05) is 25.4 Å². The van der Waals surface area contributed by atoms with E-state index in [2.05, 4.69) is 28.4 Å². The molecule has 186 valence electrons. The van der Waals surface area contributed by atoms with Crippen molar-refractivity contribution < 1.29 is 14.6 Å². The Morgan fingerprint density at radius 1 is 1.26 bits per heavy atom. The third-order valence-corrected chi connectivity index (χ3v) is 7.47. The number of aromatic nitrogens is 4. The number of nitrogens with zero attached hydrogens (tertiary/aromatic N) is 5. The zero-order chi connectivity index (χ0) is 25.0. The molecule has 0 saturated carbocycles. The number of rotatable bonds is 3. The maximum absolute atomic E-state index is 13.2. The first kappa shape index (κ1) is 23.5. The summed E-state index contributed by atoms with van der Waals surface area (Å²) in [6.45, 7) is 7.17. The lowest BCUT2D eigenvalue weighted by atomic mass is 9.75. The van der Waals surface area contributed by atoms with Gasteiger partial charge in [-0.3, -0.25) is 9.36 Å². The number of carbonyl (C=O) groups excluding carboxylic acids is 1. The molecule has 1 spiro atoms.